The van der Waals surface area contributed by atoms with Gasteiger partial charge in [-0.05, 0) is 47.7 Å². The first-order valence-electron chi connectivity index (χ1n) is 11.7. The second-order valence-corrected chi connectivity index (χ2v) is 9.35. The van der Waals surface area contributed by atoms with Crippen molar-refractivity contribution in [1.82, 2.24) is 4.90 Å². The zero-order chi connectivity index (χ0) is 25.8. The number of hydrogen-bond donors (Lipinski definition) is 1. The third-order valence-electron chi connectivity index (χ3n) is 5.92. The lowest BCUT2D eigenvalue weighted by Gasteiger charge is -2.36. The van der Waals surface area contributed by atoms with E-state index < -0.39 is 18.0 Å². The van der Waals surface area contributed by atoms with Crippen molar-refractivity contribution in [2.75, 3.05) is 0 Å². The monoisotopic (exact) mass is 512 g/mol. The number of benzene rings is 3. The van der Waals surface area contributed by atoms with Crippen molar-refractivity contribution in [2.45, 2.75) is 26.0 Å². The smallest absolute Gasteiger partial charge is 0.338 e. The molecule has 1 N–H and O–H groups in total. The van der Waals surface area contributed by atoms with Crippen LogP contribution in [0.4, 0.5) is 0 Å². The molecule has 0 aromatic heterocycles. The number of rotatable bonds is 8. The zero-order valence-electron chi connectivity index (χ0n) is 20.0. The molecule has 0 amide bonds. The predicted octanol–water partition coefficient (Wildman–Crippen LogP) is 6.27. The quantitative estimate of drug-likeness (QED) is 0.356. The lowest BCUT2D eigenvalue weighted by atomic mass is 9.93. The number of carbonyl (C=O) groups excluding carboxylic acids is 1. The molecule has 0 saturated heterocycles. The van der Waals surface area contributed by atoms with Crippen molar-refractivity contribution < 1.29 is 24.2 Å². The molecule has 1 unspecified atom stereocenters. The molecule has 0 spiro atoms. The first kappa shape index (κ1) is 24.4. The molecule has 3 aromatic rings. The minimum absolute atomic E-state index is 0.115. The molecule has 186 valence electrons. The maximum Gasteiger partial charge on any atom is 0.338 e. The molecule has 0 aliphatic carbocycles. The molecule has 7 nitrogen and oxygen atoms in total. The fourth-order valence-electron chi connectivity index (χ4n) is 4.27. The fourth-order valence-corrected chi connectivity index (χ4v) is 5.24. The summed E-state index contributed by atoms with van der Waals surface area (Å²) in [5.74, 6) is -0.191. The lowest BCUT2D eigenvalue weighted by molar-refractivity contribution is -0.141. The van der Waals surface area contributed by atoms with Gasteiger partial charge in [-0.25, -0.2) is 9.79 Å². The average Bonchev–Trinajstić information content (AvgIpc) is 3.29. The topological polar surface area (TPSA) is 88.4 Å². The number of carboxylic acid groups (broad SMARTS) is 1. The Morgan fingerprint density at radius 2 is 1.68 bits per heavy atom. The summed E-state index contributed by atoms with van der Waals surface area (Å²) in [5.41, 5.74) is 3.06. The Hall–Kier alpha value is -4.30. The molecule has 0 bridgehead atoms. The number of carboxylic acids is 1. The number of nitrogens with zero attached hydrogens (tertiary/aromatic N) is 2. The molecule has 0 radical (unpaired) electrons. The normalized spacial score (nSPS) is 16.6. The molecule has 2 aliphatic heterocycles. The van der Waals surface area contributed by atoms with Crippen LogP contribution in [0.25, 0.3) is 0 Å². The second kappa shape index (κ2) is 10.8. The highest BCUT2D eigenvalue weighted by molar-refractivity contribution is 8.16. The zero-order valence-corrected chi connectivity index (χ0v) is 20.9. The summed E-state index contributed by atoms with van der Waals surface area (Å²) in [7, 11) is 0. The molecular formula is C29H24N2O5S. The number of fused-ring (bicyclic) bond motifs is 1. The Bertz CT molecular complexity index is 1420. The van der Waals surface area contributed by atoms with Crippen LogP contribution in [-0.2, 0) is 20.9 Å². The highest BCUT2D eigenvalue weighted by atomic mass is 32.2. The summed E-state index contributed by atoms with van der Waals surface area (Å²) in [4.78, 5) is 31.6. The molecule has 37 heavy (non-hydrogen) atoms. The van der Waals surface area contributed by atoms with Crippen LogP contribution in [0.2, 0.25) is 0 Å². The maximum atomic E-state index is 13.5. The molecule has 1 atom stereocenters. The summed E-state index contributed by atoms with van der Waals surface area (Å²) in [5, 5.41) is 11.9. The SMILES string of the molecule is CC1=C(C(=O)OCc2ccccc2)C(c2cccc(Oc3ccccc3)c2)N2C(CC(=O)O)=CSC2=N1. The standard InChI is InChI=1S/C29H24N2O5S/c1-19-26(28(34)35-17-20-9-4-2-5-10-20)27(31-22(16-25(32)33)18-37-29(31)30-19)21-11-8-14-24(15-21)36-23-12-6-3-7-13-23/h2-15,18,27H,16-17H2,1H3,(H,32,33). The minimum atomic E-state index is -0.965. The average molecular weight is 513 g/mol. The summed E-state index contributed by atoms with van der Waals surface area (Å²) < 4.78 is 11.8. The summed E-state index contributed by atoms with van der Waals surface area (Å²) in [6.07, 6.45) is -0.200. The van der Waals surface area contributed by atoms with Gasteiger partial charge in [-0.2, -0.15) is 0 Å². The van der Waals surface area contributed by atoms with E-state index in [1.54, 1.807) is 12.3 Å². The van der Waals surface area contributed by atoms with Gasteiger partial charge < -0.3 is 19.5 Å². The van der Waals surface area contributed by atoms with Crippen molar-refractivity contribution in [3.63, 3.8) is 0 Å². The highest BCUT2D eigenvalue weighted by Crippen LogP contribution is 2.45. The Morgan fingerprint density at radius 1 is 0.973 bits per heavy atom. The number of aliphatic carboxylic acids is 1. The van der Waals surface area contributed by atoms with Crippen molar-refractivity contribution in [3.05, 3.63) is 118 Å². The molecule has 8 heteroatoms. The van der Waals surface area contributed by atoms with Gasteiger partial charge in [0, 0.05) is 5.70 Å². The van der Waals surface area contributed by atoms with E-state index in [0.717, 1.165) is 11.1 Å². The number of thioether (sulfide) groups is 1. The van der Waals surface area contributed by atoms with E-state index in [-0.39, 0.29) is 13.0 Å². The molecule has 5 rings (SSSR count). The van der Waals surface area contributed by atoms with Gasteiger partial charge in [0.1, 0.15) is 18.1 Å². The van der Waals surface area contributed by atoms with Crippen LogP contribution >= 0.6 is 11.8 Å². The van der Waals surface area contributed by atoms with Gasteiger partial charge in [0.15, 0.2) is 5.17 Å². The molecule has 2 aliphatic rings. The summed E-state index contributed by atoms with van der Waals surface area (Å²) in [6.45, 7) is 1.89. The molecule has 3 aromatic carbocycles. The Balaban J connectivity index is 1.52. The minimum Gasteiger partial charge on any atom is -0.481 e. The van der Waals surface area contributed by atoms with E-state index in [2.05, 4.69) is 4.99 Å². The second-order valence-electron chi connectivity index (χ2n) is 8.51. The van der Waals surface area contributed by atoms with Gasteiger partial charge in [-0.3, -0.25) is 4.79 Å². The molecule has 2 heterocycles. The van der Waals surface area contributed by atoms with Gasteiger partial charge in [0.2, 0.25) is 0 Å². The highest BCUT2D eigenvalue weighted by Gasteiger charge is 2.41. The van der Waals surface area contributed by atoms with Gasteiger partial charge >= 0.3 is 11.9 Å². The van der Waals surface area contributed by atoms with E-state index >= 15 is 0 Å². The number of carbonyl (C=O) groups is 2. The van der Waals surface area contributed by atoms with E-state index in [1.165, 1.54) is 11.8 Å². The van der Waals surface area contributed by atoms with Gasteiger partial charge in [0.25, 0.3) is 0 Å². The van der Waals surface area contributed by atoms with Crippen molar-refractivity contribution in [3.8, 4) is 11.5 Å². The number of esters is 1. The van der Waals surface area contributed by atoms with Gasteiger partial charge in [-0.1, -0.05) is 72.4 Å². The Kier molecular flexibility index (Phi) is 7.09. The third kappa shape index (κ3) is 5.44. The first-order chi connectivity index (χ1) is 18.0. The Morgan fingerprint density at radius 3 is 2.41 bits per heavy atom. The summed E-state index contributed by atoms with van der Waals surface area (Å²) >= 11 is 1.34. The molecule has 0 fully saturated rings. The number of allylic oxidation sites excluding steroid dienone is 1. The fraction of sp³-hybridized carbons (Fsp3) is 0.138. The lowest BCUT2D eigenvalue weighted by Crippen LogP contribution is -2.37. The van der Waals surface area contributed by atoms with Crippen molar-refractivity contribution >= 4 is 28.9 Å². The summed E-state index contributed by atoms with van der Waals surface area (Å²) in [6, 6.07) is 25.7. The first-order valence-corrected chi connectivity index (χ1v) is 12.6. The van der Waals surface area contributed by atoms with Crippen molar-refractivity contribution in [2.24, 2.45) is 4.99 Å². The van der Waals surface area contributed by atoms with Crippen LogP contribution < -0.4 is 4.74 Å². The van der Waals surface area contributed by atoms with Gasteiger partial charge in [0.05, 0.1) is 23.7 Å². The van der Waals surface area contributed by atoms with E-state index in [1.807, 2.05) is 89.8 Å². The number of ether oxygens (including phenoxy) is 2. The largest absolute Gasteiger partial charge is 0.481 e. The van der Waals surface area contributed by atoms with Crippen LogP contribution in [-0.4, -0.2) is 27.1 Å². The van der Waals surface area contributed by atoms with E-state index in [9.17, 15) is 14.7 Å². The van der Waals surface area contributed by atoms with E-state index in [4.69, 9.17) is 9.47 Å². The number of para-hydroxylation sites is 1. The molecular weight excluding hydrogens is 488 g/mol. The number of aliphatic imine (C=N–C) groups is 1. The third-order valence-corrected chi connectivity index (χ3v) is 6.81. The van der Waals surface area contributed by atoms with E-state index in [0.29, 0.717) is 33.6 Å². The van der Waals surface area contributed by atoms with Crippen molar-refractivity contribution in [1.29, 1.82) is 0 Å². The maximum absolute atomic E-state index is 13.5. The van der Waals surface area contributed by atoms with Gasteiger partial charge in [-0.15, -0.1) is 0 Å². The van der Waals surface area contributed by atoms with Crippen LogP contribution in [0, 0.1) is 0 Å². The number of amidine groups is 1. The van der Waals surface area contributed by atoms with Crippen LogP contribution in [0.15, 0.2) is 112 Å². The van der Waals surface area contributed by atoms with Crippen LogP contribution in [0.1, 0.15) is 30.5 Å². The molecule has 0 saturated carbocycles. The van der Waals surface area contributed by atoms with Crippen LogP contribution in [0.3, 0.4) is 0 Å². The Labute approximate surface area is 218 Å². The predicted molar refractivity (Wildman–Crippen MR) is 142 cm³/mol. The van der Waals surface area contributed by atoms with Crippen LogP contribution in [0.5, 0.6) is 11.5 Å². The number of hydrogen-bond acceptors (Lipinski definition) is 7.